The number of likely N-dealkylation sites (N-methyl/N-ethyl adjacent to an activating group) is 1. The number of carbonyl (C=O) groups excluding carboxylic acids is 1. The third-order valence-corrected chi connectivity index (χ3v) is 6.83. The quantitative estimate of drug-likeness (QED) is 0.473. The molecule has 0 atom stereocenters. The Hall–Kier alpha value is -3.14. The second kappa shape index (κ2) is 10.9. The Morgan fingerprint density at radius 2 is 1.71 bits per heavy atom. The lowest BCUT2D eigenvalue weighted by Gasteiger charge is -2.22. The van der Waals surface area contributed by atoms with E-state index in [1.165, 1.54) is 50.4 Å². The number of nitrogens with one attached hydrogen (secondary N) is 1. The number of nitrogens with zero attached hydrogens (tertiary/aromatic N) is 1. The zero-order valence-electron chi connectivity index (χ0n) is 18.8. The van der Waals surface area contributed by atoms with Crippen LogP contribution in [0.2, 0.25) is 5.02 Å². The van der Waals surface area contributed by atoms with Crippen LogP contribution in [0, 0.1) is 5.82 Å². The Kier molecular flexibility index (Phi) is 8.14. The van der Waals surface area contributed by atoms with Crippen LogP contribution in [0.5, 0.6) is 11.5 Å². The van der Waals surface area contributed by atoms with E-state index in [0.717, 1.165) is 0 Å². The third kappa shape index (κ3) is 5.85. The first-order valence-corrected chi connectivity index (χ1v) is 12.0. The van der Waals surface area contributed by atoms with E-state index in [4.69, 9.17) is 21.1 Å². The molecule has 0 bridgehead atoms. The van der Waals surface area contributed by atoms with Crippen LogP contribution in [-0.2, 0) is 21.2 Å². The molecule has 0 aromatic heterocycles. The number of sulfonamides is 1. The zero-order chi connectivity index (χ0) is 24.9. The molecule has 3 aromatic rings. The van der Waals surface area contributed by atoms with Crippen LogP contribution in [0.1, 0.15) is 11.1 Å². The fourth-order valence-corrected chi connectivity index (χ4v) is 4.53. The second-order valence-electron chi connectivity index (χ2n) is 7.34. The van der Waals surface area contributed by atoms with Gasteiger partial charge in [0.1, 0.15) is 5.82 Å². The van der Waals surface area contributed by atoms with Crippen molar-refractivity contribution in [2.24, 2.45) is 0 Å². The molecule has 3 aromatic carbocycles. The maximum atomic E-state index is 14.2. The minimum absolute atomic E-state index is 0.0765. The third-order valence-electron chi connectivity index (χ3n) is 5.19. The molecule has 0 aliphatic carbocycles. The molecule has 0 aliphatic rings. The van der Waals surface area contributed by atoms with Crippen molar-refractivity contribution in [3.8, 4) is 11.5 Å². The first-order valence-electron chi connectivity index (χ1n) is 10.2. The highest BCUT2D eigenvalue weighted by Gasteiger charge is 2.21. The van der Waals surface area contributed by atoms with E-state index in [0.29, 0.717) is 27.6 Å². The lowest BCUT2D eigenvalue weighted by molar-refractivity contribution is -0.117. The number of ether oxygens (including phenoxy) is 2. The fraction of sp³-hybridized carbons (Fsp3) is 0.208. The Morgan fingerprint density at radius 1 is 1.00 bits per heavy atom. The van der Waals surface area contributed by atoms with Gasteiger partial charge in [-0.05, 0) is 47.5 Å². The molecule has 180 valence electrons. The summed E-state index contributed by atoms with van der Waals surface area (Å²) in [6.45, 7) is -0.491. The van der Waals surface area contributed by atoms with Gasteiger partial charge in [0.2, 0.25) is 15.9 Å². The van der Waals surface area contributed by atoms with E-state index in [-0.39, 0.29) is 22.9 Å². The summed E-state index contributed by atoms with van der Waals surface area (Å²) in [6.07, 6.45) is 0.206. The van der Waals surface area contributed by atoms with Crippen molar-refractivity contribution >= 4 is 33.2 Å². The van der Waals surface area contributed by atoms with Crippen molar-refractivity contribution in [1.82, 2.24) is 4.72 Å². The van der Waals surface area contributed by atoms with E-state index in [1.807, 2.05) is 0 Å². The van der Waals surface area contributed by atoms with Crippen molar-refractivity contribution in [1.29, 1.82) is 0 Å². The standard InChI is InChI=1S/C24H24ClFN2O5S/c1-28(21-10-8-18(25)13-17(21)12-16-6-4-5-7-20(16)26)24(29)15-27-34(30,31)19-9-11-22(32-2)23(14-19)33-3/h4-11,13-14,27H,12,15H2,1-3H3. The van der Waals surface area contributed by atoms with E-state index < -0.39 is 22.5 Å². The minimum atomic E-state index is -4.00. The number of carbonyl (C=O) groups is 1. The van der Waals surface area contributed by atoms with Gasteiger partial charge in [0.05, 0.1) is 25.7 Å². The van der Waals surface area contributed by atoms with Gasteiger partial charge in [-0.3, -0.25) is 4.79 Å². The molecule has 34 heavy (non-hydrogen) atoms. The van der Waals surface area contributed by atoms with Gasteiger partial charge < -0.3 is 14.4 Å². The number of anilines is 1. The highest BCUT2D eigenvalue weighted by molar-refractivity contribution is 7.89. The summed E-state index contributed by atoms with van der Waals surface area (Å²) in [7, 11) is 0.346. The molecule has 0 spiro atoms. The van der Waals surface area contributed by atoms with Crippen molar-refractivity contribution in [3.63, 3.8) is 0 Å². The molecule has 0 unspecified atom stereocenters. The van der Waals surface area contributed by atoms with E-state index in [9.17, 15) is 17.6 Å². The average molecular weight is 507 g/mol. The number of hydrogen-bond donors (Lipinski definition) is 1. The maximum absolute atomic E-state index is 14.2. The Labute approximate surface area is 203 Å². The topological polar surface area (TPSA) is 84.9 Å². The number of rotatable bonds is 9. The molecule has 0 aliphatic heterocycles. The lowest BCUT2D eigenvalue weighted by atomic mass is 10.0. The van der Waals surface area contributed by atoms with Gasteiger partial charge in [-0.25, -0.2) is 17.5 Å². The Bertz CT molecular complexity index is 1300. The van der Waals surface area contributed by atoms with Crippen LogP contribution in [0.4, 0.5) is 10.1 Å². The highest BCUT2D eigenvalue weighted by atomic mass is 35.5. The van der Waals surface area contributed by atoms with E-state index in [2.05, 4.69) is 4.72 Å². The molecule has 0 saturated carbocycles. The molecule has 0 radical (unpaired) electrons. The summed E-state index contributed by atoms with van der Waals surface area (Å²) in [5, 5.41) is 0.435. The largest absolute Gasteiger partial charge is 0.493 e. The number of halogens is 2. The number of hydrogen-bond acceptors (Lipinski definition) is 5. The molecule has 7 nitrogen and oxygen atoms in total. The van der Waals surface area contributed by atoms with Crippen LogP contribution in [-0.4, -0.2) is 42.1 Å². The number of amides is 1. The van der Waals surface area contributed by atoms with Crippen molar-refractivity contribution in [3.05, 3.63) is 82.6 Å². The molecular formula is C24H24ClFN2O5S. The predicted octanol–water partition coefficient (Wildman–Crippen LogP) is 4.03. The first-order chi connectivity index (χ1) is 16.2. The normalized spacial score (nSPS) is 11.2. The molecule has 3 rings (SSSR count). The van der Waals surface area contributed by atoms with Gasteiger partial charge >= 0.3 is 0 Å². The number of methoxy groups -OCH3 is 2. The van der Waals surface area contributed by atoms with Crippen LogP contribution < -0.4 is 19.1 Å². The van der Waals surface area contributed by atoms with Gasteiger partial charge in [-0.15, -0.1) is 0 Å². The molecule has 0 heterocycles. The average Bonchev–Trinajstić information content (AvgIpc) is 2.83. The predicted molar refractivity (Wildman–Crippen MR) is 129 cm³/mol. The van der Waals surface area contributed by atoms with Gasteiger partial charge in [-0.1, -0.05) is 29.8 Å². The Balaban J connectivity index is 1.78. The van der Waals surface area contributed by atoms with Crippen molar-refractivity contribution < 1.29 is 27.1 Å². The van der Waals surface area contributed by atoms with Crippen molar-refractivity contribution in [2.75, 3.05) is 32.7 Å². The van der Waals surface area contributed by atoms with Gasteiger partial charge in [0, 0.05) is 30.2 Å². The highest BCUT2D eigenvalue weighted by Crippen LogP contribution is 2.30. The Morgan fingerprint density at radius 3 is 2.38 bits per heavy atom. The number of benzene rings is 3. The molecular weight excluding hydrogens is 483 g/mol. The maximum Gasteiger partial charge on any atom is 0.241 e. The summed E-state index contributed by atoms with van der Waals surface area (Å²) >= 11 is 6.13. The van der Waals surface area contributed by atoms with Crippen LogP contribution in [0.15, 0.2) is 65.6 Å². The summed E-state index contributed by atoms with van der Waals surface area (Å²) in [6, 6.07) is 15.4. The van der Waals surface area contributed by atoms with Crippen LogP contribution in [0.3, 0.4) is 0 Å². The molecule has 1 N–H and O–H groups in total. The van der Waals surface area contributed by atoms with Crippen LogP contribution >= 0.6 is 11.6 Å². The van der Waals surface area contributed by atoms with Gasteiger partial charge in [0.25, 0.3) is 0 Å². The second-order valence-corrected chi connectivity index (χ2v) is 9.54. The summed E-state index contributed by atoms with van der Waals surface area (Å²) < 4.78 is 52.2. The van der Waals surface area contributed by atoms with Gasteiger partial charge in [0.15, 0.2) is 11.5 Å². The SMILES string of the molecule is COc1ccc(S(=O)(=O)NCC(=O)N(C)c2ccc(Cl)cc2Cc2ccccc2F)cc1OC. The zero-order valence-corrected chi connectivity index (χ0v) is 20.4. The molecule has 10 heteroatoms. The van der Waals surface area contributed by atoms with Crippen molar-refractivity contribution in [2.45, 2.75) is 11.3 Å². The summed E-state index contributed by atoms with van der Waals surface area (Å²) in [5.74, 6) is -0.263. The van der Waals surface area contributed by atoms with E-state index in [1.54, 1.807) is 36.4 Å². The van der Waals surface area contributed by atoms with Gasteiger partial charge in [-0.2, -0.15) is 0 Å². The summed E-state index contributed by atoms with van der Waals surface area (Å²) in [4.78, 5) is 14.1. The monoisotopic (exact) mass is 506 g/mol. The fourth-order valence-electron chi connectivity index (χ4n) is 3.35. The minimum Gasteiger partial charge on any atom is -0.493 e. The van der Waals surface area contributed by atoms with Crippen LogP contribution in [0.25, 0.3) is 0 Å². The summed E-state index contributed by atoms with van der Waals surface area (Å²) in [5.41, 5.74) is 1.56. The molecule has 0 fully saturated rings. The van der Waals surface area contributed by atoms with E-state index >= 15 is 0 Å². The molecule has 1 amide bonds. The lowest BCUT2D eigenvalue weighted by Crippen LogP contribution is -2.38. The molecule has 0 saturated heterocycles. The first kappa shape index (κ1) is 25.5. The smallest absolute Gasteiger partial charge is 0.241 e.